The van der Waals surface area contributed by atoms with Gasteiger partial charge in [0.15, 0.2) is 11.4 Å². The quantitative estimate of drug-likeness (QED) is 0.127. The number of H-pyrrole nitrogens is 1. The minimum absolute atomic E-state index is 0.0415. The fraction of sp³-hybridized carbons (Fsp3) is 0.0741. The lowest BCUT2D eigenvalue weighted by Gasteiger charge is -2.08. The van der Waals surface area contributed by atoms with E-state index in [0.29, 0.717) is 27.5 Å². The number of hydrogen-bond donors (Lipinski definition) is 3. The number of nitrogens with zero attached hydrogens (tertiary/aromatic N) is 4. The van der Waals surface area contributed by atoms with Gasteiger partial charge in [0.05, 0.1) is 5.69 Å². The van der Waals surface area contributed by atoms with Crippen LogP contribution in [0.15, 0.2) is 87.3 Å². The zero-order valence-electron chi connectivity index (χ0n) is 20.2. The van der Waals surface area contributed by atoms with Crippen LogP contribution in [0.25, 0.3) is 27.5 Å². The van der Waals surface area contributed by atoms with Crippen LogP contribution >= 0.6 is 11.3 Å². The van der Waals surface area contributed by atoms with E-state index < -0.39 is 11.7 Å². The number of para-hydroxylation sites is 1. The molecule has 0 atom stereocenters. The van der Waals surface area contributed by atoms with Crippen molar-refractivity contribution in [3.63, 3.8) is 0 Å². The minimum atomic E-state index is -1.44. The molecule has 2 heterocycles. The number of thiazole rings is 1. The Kier molecular flexibility index (Phi) is 6.58. The largest absolute Gasteiger partial charge is 0.511 e. The number of carbonyl (C=O) groups is 1. The van der Waals surface area contributed by atoms with Crippen LogP contribution in [0.3, 0.4) is 0 Å². The Morgan fingerprint density at radius 1 is 1.05 bits per heavy atom. The van der Waals surface area contributed by atoms with E-state index in [0.717, 1.165) is 11.1 Å². The number of phenols is 1. The zero-order chi connectivity index (χ0) is 26.8. The van der Waals surface area contributed by atoms with Gasteiger partial charge >= 0.3 is 6.16 Å². The number of aromatic amines is 1. The maximum Gasteiger partial charge on any atom is 0.511 e. The van der Waals surface area contributed by atoms with E-state index in [9.17, 15) is 14.7 Å². The summed E-state index contributed by atoms with van der Waals surface area (Å²) in [7, 11) is 0. The Bertz CT molecular complexity index is 1740. The van der Waals surface area contributed by atoms with Gasteiger partial charge in [-0.2, -0.15) is 0 Å². The summed E-state index contributed by atoms with van der Waals surface area (Å²) in [6, 6.07) is 16.8. The molecule has 2 aromatic heterocycles. The lowest BCUT2D eigenvalue weighted by molar-refractivity contribution is 0.144. The van der Waals surface area contributed by atoms with Gasteiger partial charge in [-0.1, -0.05) is 30.3 Å². The van der Waals surface area contributed by atoms with Crippen LogP contribution in [-0.4, -0.2) is 31.1 Å². The van der Waals surface area contributed by atoms with Crippen LogP contribution in [0.5, 0.6) is 11.5 Å². The fourth-order valence-corrected chi connectivity index (χ4v) is 4.47. The number of hydrogen-bond acceptors (Lipinski definition) is 8. The molecule has 3 aromatic carbocycles. The zero-order valence-corrected chi connectivity index (χ0v) is 21.1. The van der Waals surface area contributed by atoms with Gasteiger partial charge in [0.1, 0.15) is 22.1 Å². The molecule has 0 aliphatic carbocycles. The van der Waals surface area contributed by atoms with Gasteiger partial charge in [0.25, 0.3) is 5.56 Å². The van der Waals surface area contributed by atoms with E-state index in [-0.39, 0.29) is 22.9 Å². The molecular weight excluding hydrogens is 506 g/mol. The molecule has 0 saturated heterocycles. The third-order valence-corrected chi connectivity index (χ3v) is 6.67. The van der Waals surface area contributed by atoms with Crippen LogP contribution < -0.4 is 10.3 Å². The number of ether oxygens (including phenoxy) is 1. The van der Waals surface area contributed by atoms with Gasteiger partial charge in [-0.3, -0.25) is 9.89 Å². The molecule has 0 bridgehead atoms. The van der Waals surface area contributed by atoms with Crippen molar-refractivity contribution in [2.45, 2.75) is 13.8 Å². The topological polar surface area (TPSA) is 142 Å². The van der Waals surface area contributed by atoms with Crippen molar-refractivity contribution < 1.29 is 19.7 Å². The second-order valence-electron chi connectivity index (χ2n) is 8.35. The van der Waals surface area contributed by atoms with Crippen molar-refractivity contribution >= 4 is 28.9 Å². The average Bonchev–Trinajstić information content (AvgIpc) is 3.53. The molecule has 0 spiro atoms. The van der Waals surface area contributed by atoms with Gasteiger partial charge in [0, 0.05) is 17.1 Å². The van der Waals surface area contributed by atoms with Gasteiger partial charge in [-0.15, -0.1) is 21.6 Å². The first-order valence-electron chi connectivity index (χ1n) is 11.4. The highest BCUT2D eigenvalue weighted by Crippen LogP contribution is 2.39. The molecule has 0 amide bonds. The summed E-state index contributed by atoms with van der Waals surface area (Å²) in [5.74, 6) is -0.0849. The van der Waals surface area contributed by atoms with Gasteiger partial charge in [0.2, 0.25) is 0 Å². The van der Waals surface area contributed by atoms with Crippen molar-refractivity contribution in [2.24, 2.45) is 10.2 Å². The molecule has 0 unspecified atom stereocenters. The monoisotopic (exact) mass is 527 g/mol. The summed E-state index contributed by atoms with van der Waals surface area (Å²) >= 11 is 1.34. The van der Waals surface area contributed by atoms with Crippen molar-refractivity contribution in [2.75, 3.05) is 0 Å². The number of aromatic nitrogens is 3. The van der Waals surface area contributed by atoms with Crippen LogP contribution in [0.4, 0.5) is 16.2 Å². The Balaban J connectivity index is 1.57. The molecule has 0 aliphatic heterocycles. The SMILES string of the molecule is Cc1ccc(-n2[nH]c(-c3nccs3)c(N=Nc3cccc(-c4cccc(OC(=O)O)c4)c3O)c2=O)cc1C. The Labute approximate surface area is 220 Å². The van der Waals surface area contributed by atoms with Crippen LogP contribution in [0.2, 0.25) is 0 Å². The van der Waals surface area contributed by atoms with Crippen molar-refractivity contribution in [1.82, 2.24) is 14.8 Å². The number of aryl methyl sites for hydroxylation is 2. The number of rotatable bonds is 6. The van der Waals surface area contributed by atoms with Crippen LogP contribution in [0, 0.1) is 13.8 Å². The molecule has 190 valence electrons. The summed E-state index contributed by atoms with van der Waals surface area (Å²) in [6.07, 6.45) is 0.187. The van der Waals surface area contributed by atoms with E-state index in [1.54, 1.807) is 41.9 Å². The molecule has 10 nitrogen and oxygen atoms in total. The predicted molar refractivity (Wildman–Crippen MR) is 143 cm³/mol. The first-order valence-corrected chi connectivity index (χ1v) is 12.3. The summed E-state index contributed by atoms with van der Waals surface area (Å²) in [5, 5.41) is 33.7. The number of phenolic OH excluding ortho intramolecular Hbond substituents is 1. The fourth-order valence-electron chi connectivity index (χ4n) is 3.84. The molecule has 0 radical (unpaired) electrons. The standard InChI is InChI=1S/C27H21N5O5S/c1-15-9-10-18(13-16(15)2)32-26(34)23(22(31-32)25-28-11-12-38-25)30-29-21-8-4-7-20(24(21)33)17-5-3-6-19(14-17)37-27(35)36/h3-14,31,33H,1-2H3,(H,35,36). The highest BCUT2D eigenvalue weighted by atomic mass is 32.1. The molecule has 3 N–H and O–H groups in total. The number of carboxylic acid groups (broad SMARTS) is 1. The normalized spacial score (nSPS) is 11.2. The maximum absolute atomic E-state index is 13.4. The van der Waals surface area contributed by atoms with E-state index in [4.69, 9.17) is 9.84 Å². The van der Waals surface area contributed by atoms with Crippen LogP contribution in [-0.2, 0) is 0 Å². The molecule has 38 heavy (non-hydrogen) atoms. The number of nitrogens with one attached hydrogen (secondary N) is 1. The predicted octanol–water partition coefficient (Wildman–Crippen LogP) is 6.75. The Hall–Kier alpha value is -5.03. The first-order chi connectivity index (χ1) is 18.3. The Morgan fingerprint density at radius 2 is 1.87 bits per heavy atom. The summed E-state index contributed by atoms with van der Waals surface area (Å²) < 4.78 is 6.10. The van der Waals surface area contributed by atoms with Gasteiger partial charge in [-0.25, -0.2) is 14.5 Å². The second-order valence-corrected chi connectivity index (χ2v) is 9.25. The second kappa shape index (κ2) is 10.1. The summed E-state index contributed by atoms with van der Waals surface area (Å²) in [4.78, 5) is 28.6. The molecular formula is C27H21N5O5S. The van der Waals surface area contributed by atoms with Crippen molar-refractivity contribution in [3.8, 4) is 39.0 Å². The summed E-state index contributed by atoms with van der Waals surface area (Å²) in [6.45, 7) is 3.96. The molecule has 0 aliphatic rings. The highest BCUT2D eigenvalue weighted by Gasteiger charge is 2.19. The average molecular weight is 528 g/mol. The van der Waals surface area contributed by atoms with Crippen molar-refractivity contribution in [1.29, 1.82) is 0 Å². The Morgan fingerprint density at radius 3 is 2.61 bits per heavy atom. The van der Waals surface area contributed by atoms with Crippen molar-refractivity contribution in [3.05, 3.63) is 93.7 Å². The molecule has 5 aromatic rings. The maximum atomic E-state index is 13.4. The number of azo groups is 1. The lowest BCUT2D eigenvalue weighted by atomic mass is 10.0. The summed E-state index contributed by atoms with van der Waals surface area (Å²) in [5.41, 5.74) is 3.82. The number of benzene rings is 3. The molecule has 11 heteroatoms. The third kappa shape index (κ3) is 4.82. The minimum Gasteiger partial charge on any atom is -0.505 e. The van der Waals surface area contributed by atoms with Gasteiger partial charge in [-0.05, 0) is 60.9 Å². The van der Waals surface area contributed by atoms with Crippen LogP contribution in [0.1, 0.15) is 11.1 Å². The van der Waals surface area contributed by atoms with Gasteiger partial charge < -0.3 is 14.9 Å². The number of aromatic hydroxyl groups is 1. The first kappa shape index (κ1) is 24.7. The van der Waals surface area contributed by atoms with E-state index >= 15 is 0 Å². The molecule has 0 fully saturated rings. The van der Waals surface area contributed by atoms with E-state index in [1.807, 2.05) is 32.0 Å². The smallest absolute Gasteiger partial charge is 0.505 e. The molecule has 5 rings (SSSR count). The van der Waals surface area contributed by atoms with E-state index in [1.165, 1.54) is 28.2 Å². The van der Waals surface area contributed by atoms with E-state index in [2.05, 4.69) is 20.3 Å². The highest BCUT2D eigenvalue weighted by molar-refractivity contribution is 7.13. The third-order valence-electron chi connectivity index (χ3n) is 5.88. The lowest BCUT2D eigenvalue weighted by Crippen LogP contribution is -2.14. The molecule has 0 saturated carbocycles.